The van der Waals surface area contributed by atoms with Gasteiger partial charge in [-0.05, 0) is 24.6 Å². The molecule has 0 bridgehead atoms. The van der Waals surface area contributed by atoms with Crippen molar-refractivity contribution in [3.8, 4) is 5.88 Å². The molecule has 2 heterocycles. The Balaban J connectivity index is 1.67. The molecule has 0 N–H and O–H groups in total. The highest BCUT2D eigenvalue weighted by molar-refractivity contribution is 6.33. The highest BCUT2D eigenvalue weighted by Crippen LogP contribution is 2.24. The molecule has 0 radical (unpaired) electrons. The van der Waals surface area contributed by atoms with Gasteiger partial charge < -0.3 is 9.64 Å². The van der Waals surface area contributed by atoms with E-state index in [9.17, 15) is 9.18 Å². The summed E-state index contributed by atoms with van der Waals surface area (Å²) in [5.41, 5.74) is 0.970. The average Bonchev–Trinajstić information content (AvgIpc) is 2.98. The van der Waals surface area contributed by atoms with Gasteiger partial charge in [-0.25, -0.2) is 9.37 Å². The van der Waals surface area contributed by atoms with E-state index < -0.39 is 11.7 Å². The van der Waals surface area contributed by atoms with Crippen LogP contribution in [0.25, 0.3) is 0 Å². The molecule has 1 aromatic heterocycles. The van der Waals surface area contributed by atoms with Crippen LogP contribution < -0.4 is 4.74 Å². The van der Waals surface area contributed by atoms with Crippen molar-refractivity contribution >= 4 is 17.5 Å². The first-order valence-electron chi connectivity index (χ1n) is 7.37. The first-order chi connectivity index (χ1) is 11.0. The molecule has 120 valence electrons. The fraction of sp³-hybridized carbons (Fsp3) is 0.294. The van der Waals surface area contributed by atoms with Crippen molar-refractivity contribution in [2.75, 3.05) is 13.1 Å². The SMILES string of the molecule is Cc1ccc(OC2CCN(C(=O)c3c(F)cccc3Cl)C2)nc1. The fourth-order valence-corrected chi connectivity index (χ4v) is 2.81. The van der Waals surface area contributed by atoms with Gasteiger partial charge in [0, 0.05) is 25.2 Å². The van der Waals surface area contributed by atoms with Crippen molar-refractivity contribution in [2.45, 2.75) is 19.4 Å². The van der Waals surface area contributed by atoms with Crippen LogP contribution in [0.15, 0.2) is 36.5 Å². The molecule has 1 unspecified atom stereocenters. The molecule has 6 heteroatoms. The Morgan fingerprint density at radius 1 is 1.39 bits per heavy atom. The largest absolute Gasteiger partial charge is 0.472 e. The molecule has 23 heavy (non-hydrogen) atoms. The summed E-state index contributed by atoms with van der Waals surface area (Å²) in [7, 11) is 0. The Bertz CT molecular complexity index is 701. The standard InChI is InChI=1S/C17H16ClFN2O2/c1-11-5-6-15(20-9-11)23-12-7-8-21(10-12)17(22)16-13(18)3-2-4-14(16)19/h2-6,9,12H,7-8,10H2,1H3. The monoisotopic (exact) mass is 334 g/mol. The van der Waals surface area contributed by atoms with Crippen molar-refractivity contribution in [2.24, 2.45) is 0 Å². The molecule has 0 spiro atoms. The molecular weight excluding hydrogens is 319 g/mol. The summed E-state index contributed by atoms with van der Waals surface area (Å²) in [4.78, 5) is 18.2. The quantitative estimate of drug-likeness (QED) is 0.863. The molecule has 2 aromatic rings. The van der Waals surface area contributed by atoms with Crippen LogP contribution in [0.1, 0.15) is 22.3 Å². The van der Waals surface area contributed by atoms with E-state index in [1.165, 1.54) is 18.2 Å². The molecule has 0 aliphatic carbocycles. The second-order valence-corrected chi connectivity index (χ2v) is 5.96. The summed E-state index contributed by atoms with van der Waals surface area (Å²) in [6, 6.07) is 7.94. The lowest BCUT2D eigenvalue weighted by Crippen LogP contribution is -2.31. The zero-order valence-electron chi connectivity index (χ0n) is 12.6. The molecule has 1 fully saturated rings. The topological polar surface area (TPSA) is 42.4 Å². The van der Waals surface area contributed by atoms with Gasteiger partial charge in [0.2, 0.25) is 5.88 Å². The third-order valence-corrected chi connectivity index (χ3v) is 4.10. The van der Waals surface area contributed by atoms with E-state index in [1.807, 2.05) is 13.0 Å². The minimum Gasteiger partial charge on any atom is -0.472 e. The van der Waals surface area contributed by atoms with E-state index in [2.05, 4.69) is 4.98 Å². The van der Waals surface area contributed by atoms with Crippen molar-refractivity contribution in [3.63, 3.8) is 0 Å². The lowest BCUT2D eigenvalue weighted by molar-refractivity contribution is 0.0766. The van der Waals surface area contributed by atoms with Crippen molar-refractivity contribution < 1.29 is 13.9 Å². The molecule has 1 aliphatic rings. The Morgan fingerprint density at radius 3 is 2.91 bits per heavy atom. The van der Waals surface area contributed by atoms with Gasteiger partial charge in [-0.3, -0.25) is 4.79 Å². The summed E-state index contributed by atoms with van der Waals surface area (Å²) in [6.45, 7) is 2.84. The van der Waals surface area contributed by atoms with Crippen LogP contribution in [0.4, 0.5) is 4.39 Å². The maximum atomic E-state index is 13.9. The highest BCUT2D eigenvalue weighted by atomic mass is 35.5. The van der Waals surface area contributed by atoms with Gasteiger partial charge >= 0.3 is 0 Å². The number of likely N-dealkylation sites (tertiary alicyclic amines) is 1. The van der Waals surface area contributed by atoms with Crippen LogP contribution in [0.3, 0.4) is 0 Å². The van der Waals surface area contributed by atoms with Gasteiger partial charge in [-0.1, -0.05) is 23.7 Å². The minimum atomic E-state index is -0.605. The molecule has 0 saturated carbocycles. The zero-order valence-corrected chi connectivity index (χ0v) is 13.4. The molecule has 1 atom stereocenters. The number of hydrogen-bond donors (Lipinski definition) is 0. The predicted octanol–water partition coefficient (Wildman–Crippen LogP) is 3.48. The lowest BCUT2D eigenvalue weighted by Gasteiger charge is -2.18. The van der Waals surface area contributed by atoms with Crippen molar-refractivity contribution in [3.05, 3.63) is 58.5 Å². The van der Waals surface area contributed by atoms with Crippen LogP contribution in [0.5, 0.6) is 5.88 Å². The number of aromatic nitrogens is 1. The smallest absolute Gasteiger partial charge is 0.258 e. The van der Waals surface area contributed by atoms with Crippen LogP contribution in [0.2, 0.25) is 5.02 Å². The number of halogens is 2. The zero-order chi connectivity index (χ0) is 16.4. The number of rotatable bonds is 3. The Hall–Kier alpha value is -2.14. The number of carbonyl (C=O) groups is 1. The Morgan fingerprint density at radius 2 is 2.22 bits per heavy atom. The Labute approximate surface area is 138 Å². The summed E-state index contributed by atoms with van der Waals surface area (Å²) in [5, 5.41) is 0.125. The van der Waals surface area contributed by atoms with E-state index in [-0.39, 0.29) is 16.7 Å². The van der Waals surface area contributed by atoms with Gasteiger partial charge in [0.05, 0.1) is 17.1 Å². The summed E-state index contributed by atoms with van der Waals surface area (Å²) in [6.07, 6.45) is 2.25. The second kappa shape index (κ2) is 6.54. The minimum absolute atomic E-state index is 0.0803. The van der Waals surface area contributed by atoms with Crippen LogP contribution >= 0.6 is 11.6 Å². The third-order valence-electron chi connectivity index (χ3n) is 3.78. The van der Waals surface area contributed by atoms with E-state index >= 15 is 0 Å². The van der Waals surface area contributed by atoms with Gasteiger partial charge in [-0.2, -0.15) is 0 Å². The van der Waals surface area contributed by atoms with Gasteiger partial charge in [0.15, 0.2) is 0 Å². The van der Waals surface area contributed by atoms with Crippen LogP contribution in [0, 0.1) is 12.7 Å². The fourth-order valence-electron chi connectivity index (χ4n) is 2.56. The normalized spacial score (nSPS) is 17.3. The Kier molecular flexibility index (Phi) is 4.48. The number of nitrogens with zero attached hydrogens (tertiary/aromatic N) is 2. The van der Waals surface area contributed by atoms with Crippen LogP contribution in [-0.2, 0) is 0 Å². The van der Waals surface area contributed by atoms with Crippen molar-refractivity contribution in [1.29, 1.82) is 0 Å². The number of hydrogen-bond acceptors (Lipinski definition) is 3. The highest BCUT2D eigenvalue weighted by Gasteiger charge is 2.30. The number of amides is 1. The summed E-state index contributed by atoms with van der Waals surface area (Å²) >= 11 is 5.96. The van der Waals surface area contributed by atoms with Gasteiger partial charge in [0.25, 0.3) is 5.91 Å². The van der Waals surface area contributed by atoms with E-state index in [0.29, 0.717) is 25.4 Å². The van der Waals surface area contributed by atoms with E-state index in [0.717, 1.165) is 5.56 Å². The number of aryl methyl sites for hydroxylation is 1. The lowest BCUT2D eigenvalue weighted by atomic mass is 10.2. The molecule has 1 saturated heterocycles. The molecule has 4 nitrogen and oxygen atoms in total. The number of pyridine rings is 1. The van der Waals surface area contributed by atoms with E-state index in [1.54, 1.807) is 17.2 Å². The third kappa shape index (κ3) is 3.45. The number of carbonyl (C=O) groups excluding carboxylic acids is 1. The molecular formula is C17H16ClFN2O2. The van der Waals surface area contributed by atoms with Gasteiger partial charge in [-0.15, -0.1) is 0 Å². The van der Waals surface area contributed by atoms with E-state index in [4.69, 9.17) is 16.3 Å². The molecule has 1 amide bonds. The second-order valence-electron chi connectivity index (χ2n) is 5.55. The molecule has 1 aromatic carbocycles. The van der Waals surface area contributed by atoms with Crippen molar-refractivity contribution in [1.82, 2.24) is 9.88 Å². The molecule has 3 rings (SSSR count). The summed E-state index contributed by atoms with van der Waals surface area (Å²) < 4.78 is 19.6. The van der Waals surface area contributed by atoms with Crippen LogP contribution in [-0.4, -0.2) is 35.0 Å². The van der Waals surface area contributed by atoms with Gasteiger partial charge in [0.1, 0.15) is 11.9 Å². The summed E-state index contributed by atoms with van der Waals surface area (Å²) in [5.74, 6) is -0.484. The predicted molar refractivity (Wildman–Crippen MR) is 85.3 cm³/mol. The first kappa shape index (κ1) is 15.7. The first-order valence-corrected chi connectivity index (χ1v) is 7.75. The molecule has 1 aliphatic heterocycles. The maximum Gasteiger partial charge on any atom is 0.258 e. The number of benzene rings is 1. The average molecular weight is 335 g/mol. The number of ether oxygens (including phenoxy) is 1. The maximum absolute atomic E-state index is 13.9.